The Kier molecular flexibility index (Phi) is 3.35. The summed E-state index contributed by atoms with van der Waals surface area (Å²) in [5, 5.41) is 1.93. The van der Waals surface area contributed by atoms with Gasteiger partial charge in [-0.05, 0) is 11.4 Å². The SMILES string of the molecule is COCc1ncn2c1CN(C(=O)c1cccs1)CC2. The maximum atomic E-state index is 12.3. The maximum absolute atomic E-state index is 12.3. The summed E-state index contributed by atoms with van der Waals surface area (Å²) in [5.74, 6) is 0.103. The van der Waals surface area contributed by atoms with Crippen LogP contribution in [0.5, 0.6) is 0 Å². The van der Waals surface area contributed by atoms with Crippen LogP contribution >= 0.6 is 11.3 Å². The normalized spacial score (nSPS) is 14.5. The van der Waals surface area contributed by atoms with Gasteiger partial charge in [-0.15, -0.1) is 11.3 Å². The number of fused-ring (bicyclic) bond motifs is 1. The fraction of sp³-hybridized carbons (Fsp3) is 0.385. The first-order valence-corrected chi connectivity index (χ1v) is 7.02. The zero-order valence-electron chi connectivity index (χ0n) is 10.7. The second-order valence-corrected chi connectivity index (χ2v) is 5.42. The highest BCUT2D eigenvalue weighted by Crippen LogP contribution is 2.20. The van der Waals surface area contributed by atoms with Gasteiger partial charge >= 0.3 is 0 Å². The molecule has 1 amide bonds. The molecule has 0 spiro atoms. The van der Waals surface area contributed by atoms with Crippen LogP contribution < -0.4 is 0 Å². The van der Waals surface area contributed by atoms with Crippen molar-refractivity contribution < 1.29 is 9.53 Å². The smallest absolute Gasteiger partial charge is 0.264 e. The summed E-state index contributed by atoms with van der Waals surface area (Å²) < 4.78 is 7.25. The van der Waals surface area contributed by atoms with E-state index >= 15 is 0 Å². The molecule has 0 N–H and O–H groups in total. The number of rotatable bonds is 3. The van der Waals surface area contributed by atoms with E-state index < -0.39 is 0 Å². The van der Waals surface area contributed by atoms with Crippen LogP contribution in [0.1, 0.15) is 21.1 Å². The molecule has 6 heteroatoms. The van der Waals surface area contributed by atoms with Crippen molar-refractivity contribution in [2.45, 2.75) is 19.7 Å². The molecular weight excluding hydrogens is 262 g/mol. The number of aromatic nitrogens is 2. The van der Waals surface area contributed by atoms with Crippen LogP contribution in [-0.2, 0) is 24.4 Å². The zero-order valence-corrected chi connectivity index (χ0v) is 11.5. The molecule has 0 bridgehead atoms. The third-order valence-electron chi connectivity index (χ3n) is 3.28. The minimum absolute atomic E-state index is 0.103. The lowest BCUT2D eigenvalue weighted by Crippen LogP contribution is -2.38. The summed E-state index contributed by atoms with van der Waals surface area (Å²) in [5.41, 5.74) is 2.00. The van der Waals surface area contributed by atoms with Gasteiger partial charge in [0.15, 0.2) is 0 Å². The molecule has 3 heterocycles. The molecule has 100 valence electrons. The minimum Gasteiger partial charge on any atom is -0.378 e. The second-order valence-electron chi connectivity index (χ2n) is 4.47. The fourth-order valence-electron chi connectivity index (χ4n) is 2.30. The molecule has 5 nitrogen and oxygen atoms in total. The van der Waals surface area contributed by atoms with Gasteiger partial charge in [0.25, 0.3) is 5.91 Å². The third-order valence-corrected chi connectivity index (χ3v) is 4.14. The highest BCUT2D eigenvalue weighted by molar-refractivity contribution is 7.12. The Morgan fingerprint density at radius 1 is 1.53 bits per heavy atom. The van der Waals surface area contributed by atoms with Crippen molar-refractivity contribution in [3.8, 4) is 0 Å². The molecule has 19 heavy (non-hydrogen) atoms. The van der Waals surface area contributed by atoms with Gasteiger partial charge in [-0.3, -0.25) is 4.79 Å². The van der Waals surface area contributed by atoms with Crippen LogP contribution in [0.25, 0.3) is 0 Å². The standard InChI is InChI=1S/C13H15N3O2S/c1-18-8-10-11-7-15(4-5-16(11)9-14-10)13(17)12-3-2-6-19-12/h2-3,6,9H,4-5,7-8H2,1H3. The fourth-order valence-corrected chi connectivity index (χ4v) is 2.99. The lowest BCUT2D eigenvalue weighted by molar-refractivity contribution is 0.0713. The number of hydrogen-bond donors (Lipinski definition) is 0. The number of thiophene rings is 1. The molecule has 0 aromatic carbocycles. The Bertz CT molecular complexity index is 577. The average molecular weight is 277 g/mol. The number of hydrogen-bond acceptors (Lipinski definition) is 4. The summed E-state index contributed by atoms with van der Waals surface area (Å²) in [6, 6.07) is 3.78. The molecule has 0 fully saturated rings. The van der Waals surface area contributed by atoms with Gasteiger partial charge in [-0.2, -0.15) is 0 Å². The van der Waals surface area contributed by atoms with E-state index in [2.05, 4.69) is 9.55 Å². The molecule has 1 aliphatic heterocycles. The van der Waals surface area contributed by atoms with Crippen molar-refractivity contribution in [1.29, 1.82) is 0 Å². The van der Waals surface area contributed by atoms with E-state index in [4.69, 9.17) is 4.74 Å². The molecule has 2 aromatic heterocycles. The van der Waals surface area contributed by atoms with E-state index in [0.717, 1.165) is 29.4 Å². The molecule has 1 aliphatic rings. The molecule has 2 aromatic rings. The van der Waals surface area contributed by atoms with Gasteiger partial charge in [0, 0.05) is 20.2 Å². The van der Waals surface area contributed by atoms with Gasteiger partial charge in [0.1, 0.15) is 0 Å². The Balaban J connectivity index is 1.81. The van der Waals surface area contributed by atoms with Crippen LogP contribution in [0, 0.1) is 0 Å². The summed E-state index contributed by atoms with van der Waals surface area (Å²) in [6.07, 6.45) is 1.83. The zero-order chi connectivity index (χ0) is 13.2. The Hall–Kier alpha value is -1.66. The number of carbonyl (C=O) groups excluding carboxylic acids is 1. The molecular formula is C13H15N3O2S. The topological polar surface area (TPSA) is 47.4 Å². The third kappa shape index (κ3) is 2.29. The molecule has 0 saturated carbocycles. The van der Waals surface area contributed by atoms with Gasteiger partial charge in [0.2, 0.25) is 0 Å². The second kappa shape index (κ2) is 5.14. The van der Waals surface area contributed by atoms with Crippen molar-refractivity contribution in [3.05, 3.63) is 40.1 Å². The maximum Gasteiger partial charge on any atom is 0.264 e. The van der Waals surface area contributed by atoms with Gasteiger partial charge in [0.05, 0.1) is 35.7 Å². The lowest BCUT2D eigenvalue weighted by Gasteiger charge is -2.28. The number of carbonyl (C=O) groups is 1. The number of ether oxygens (including phenoxy) is 1. The van der Waals surface area contributed by atoms with Crippen LogP contribution in [0.3, 0.4) is 0 Å². The quantitative estimate of drug-likeness (QED) is 0.858. The van der Waals surface area contributed by atoms with Crippen LogP contribution in [0.2, 0.25) is 0 Å². The molecule has 0 aliphatic carbocycles. The average Bonchev–Trinajstić information content (AvgIpc) is 3.08. The summed E-state index contributed by atoms with van der Waals surface area (Å²) in [6.45, 7) is 2.62. The van der Waals surface area contributed by atoms with E-state index in [1.54, 1.807) is 7.11 Å². The number of methoxy groups -OCH3 is 1. The van der Waals surface area contributed by atoms with E-state index in [9.17, 15) is 4.79 Å². The highest BCUT2D eigenvalue weighted by atomic mass is 32.1. The highest BCUT2D eigenvalue weighted by Gasteiger charge is 2.24. The Morgan fingerprint density at radius 2 is 2.42 bits per heavy atom. The Labute approximate surface area is 115 Å². The first-order chi connectivity index (χ1) is 9.29. The predicted octanol–water partition coefficient (Wildman–Crippen LogP) is 1.75. The van der Waals surface area contributed by atoms with Crippen LogP contribution in [0.15, 0.2) is 23.8 Å². The van der Waals surface area contributed by atoms with Crippen molar-refractivity contribution in [3.63, 3.8) is 0 Å². The van der Waals surface area contributed by atoms with Crippen molar-refractivity contribution >= 4 is 17.2 Å². The first kappa shape index (κ1) is 12.4. The monoisotopic (exact) mass is 277 g/mol. The Morgan fingerprint density at radius 3 is 3.16 bits per heavy atom. The van der Waals surface area contributed by atoms with Gasteiger partial charge in [-0.1, -0.05) is 6.07 Å². The van der Waals surface area contributed by atoms with E-state index in [-0.39, 0.29) is 5.91 Å². The summed E-state index contributed by atoms with van der Waals surface area (Å²) in [4.78, 5) is 19.4. The predicted molar refractivity (Wildman–Crippen MR) is 72.0 cm³/mol. The van der Waals surface area contributed by atoms with Crippen LogP contribution in [-0.4, -0.2) is 34.0 Å². The molecule has 0 unspecified atom stereocenters. The molecule has 0 radical (unpaired) electrons. The largest absolute Gasteiger partial charge is 0.378 e. The summed E-state index contributed by atoms with van der Waals surface area (Å²) >= 11 is 1.48. The molecule has 3 rings (SSSR count). The molecule has 0 saturated heterocycles. The minimum atomic E-state index is 0.103. The first-order valence-electron chi connectivity index (χ1n) is 6.14. The lowest BCUT2D eigenvalue weighted by atomic mass is 10.2. The van der Waals surface area contributed by atoms with Crippen LogP contribution in [0.4, 0.5) is 0 Å². The molecule has 0 atom stereocenters. The number of nitrogens with zero attached hydrogens (tertiary/aromatic N) is 3. The van der Waals surface area contributed by atoms with Crippen molar-refractivity contribution in [2.75, 3.05) is 13.7 Å². The van der Waals surface area contributed by atoms with E-state index in [1.165, 1.54) is 11.3 Å². The van der Waals surface area contributed by atoms with Crippen molar-refractivity contribution in [2.24, 2.45) is 0 Å². The van der Waals surface area contributed by atoms with Crippen molar-refractivity contribution in [1.82, 2.24) is 14.5 Å². The van der Waals surface area contributed by atoms with E-state index in [1.807, 2.05) is 28.7 Å². The summed E-state index contributed by atoms with van der Waals surface area (Å²) in [7, 11) is 1.66. The van der Waals surface area contributed by atoms with E-state index in [0.29, 0.717) is 13.2 Å². The van der Waals surface area contributed by atoms with Gasteiger partial charge < -0.3 is 14.2 Å². The number of amides is 1. The number of imidazole rings is 1. The van der Waals surface area contributed by atoms with Gasteiger partial charge in [-0.25, -0.2) is 4.98 Å².